The van der Waals surface area contributed by atoms with Crippen LogP contribution >= 0.6 is 0 Å². The van der Waals surface area contributed by atoms with Gasteiger partial charge in [0.05, 0.1) is 11.1 Å². The number of amides is 1. The number of carbonyl (C=O) groups excluding carboxylic acids is 1. The van der Waals surface area contributed by atoms with Gasteiger partial charge in [-0.3, -0.25) is 4.79 Å². The molecule has 0 spiro atoms. The SMILES string of the molecule is CN1CC2CC2(C(=CN)c2nc3c(C(N)=O)cc(F)cc3[nH]2)C1. The van der Waals surface area contributed by atoms with E-state index in [0.29, 0.717) is 22.8 Å². The first-order valence-electron chi connectivity index (χ1n) is 7.55. The number of primary amides is 1. The fourth-order valence-electron chi connectivity index (χ4n) is 4.03. The van der Waals surface area contributed by atoms with Crippen LogP contribution in [0.15, 0.2) is 18.3 Å². The number of hydrogen-bond donors (Lipinski definition) is 3. The van der Waals surface area contributed by atoms with Crippen molar-refractivity contribution in [3.05, 3.63) is 35.5 Å². The average Bonchev–Trinajstić information content (AvgIpc) is 2.84. The van der Waals surface area contributed by atoms with Gasteiger partial charge in [0, 0.05) is 30.3 Å². The van der Waals surface area contributed by atoms with Crippen LogP contribution in [-0.4, -0.2) is 40.9 Å². The Kier molecular flexibility index (Phi) is 2.81. The summed E-state index contributed by atoms with van der Waals surface area (Å²) in [4.78, 5) is 21.4. The Balaban J connectivity index is 1.83. The number of carbonyl (C=O) groups is 1. The van der Waals surface area contributed by atoms with E-state index in [4.69, 9.17) is 11.5 Å². The maximum absolute atomic E-state index is 13.7. The number of halogens is 1. The van der Waals surface area contributed by atoms with Crippen molar-refractivity contribution < 1.29 is 9.18 Å². The van der Waals surface area contributed by atoms with Crippen molar-refractivity contribution in [2.75, 3.05) is 20.1 Å². The predicted molar refractivity (Wildman–Crippen MR) is 84.8 cm³/mol. The summed E-state index contributed by atoms with van der Waals surface area (Å²) in [6.07, 6.45) is 2.66. The number of hydrogen-bond acceptors (Lipinski definition) is 4. The number of nitrogens with zero attached hydrogens (tertiary/aromatic N) is 2. The Morgan fingerprint density at radius 2 is 2.35 bits per heavy atom. The highest BCUT2D eigenvalue weighted by Crippen LogP contribution is 2.64. The van der Waals surface area contributed by atoms with Crippen molar-refractivity contribution in [1.82, 2.24) is 14.9 Å². The highest BCUT2D eigenvalue weighted by atomic mass is 19.1. The first kappa shape index (κ1) is 14.2. The molecule has 0 bridgehead atoms. The van der Waals surface area contributed by atoms with Gasteiger partial charge in [0.1, 0.15) is 17.2 Å². The number of nitrogens with two attached hydrogens (primary N) is 2. The highest BCUT2D eigenvalue weighted by Gasteiger charge is 2.61. The largest absolute Gasteiger partial charge is 0.404 e. The van der Waals surface area contributed by atoms with Crippen LogP contribution in [-0.2, 0) is 0 Å². The zero-order valence-electron chi connectivity index (χ0n) is 12.8. The van der Waals surface area contributed by atoms with Crippen LogP contribution in [0.4, 0.5) is 4.39 Å². The summed E-state index contributed by atoms with van der Waals surface area (Å²) in [5.41, 5.74) is 13.1. The summed E-state index contributed by atoms with van der Waals surface area (Å²) in [5.74, 6) is -0.0620. The molecular weight excluding hydrogens is 297 g/mol. The number of imidazole rings is 1. The molecule has 1 aliphatic heterocycles. The van der Waals surface area contributed by atoms with Gasteiger partial charge < -0.3 is 21.4 Å². The summed E-state index contributed by atoms with van der Waals surface area (Å²) in [6.45, 7) is 1.97. The van der Waals surface area contributed by atoms with Gasteiger partial charge in [-0.15, -0.1) is 0 Å². The second kappa shape index (κ2) is 4.55. The zero-order valence-corrected chi connectivity index (χ0v) is 12.8. The van der Waals surface area contributed by atoms with Crippen LogP contribution in [0.1, 0.15) is 22.6 Å². The van der Waals surface area contributed by atoms with Crippen molar-refractivity contribution in [1.29, 1.82) is 0 Å². The first-order chi connectivity index (χ1) is 10.9. The molecule has 2 fully saturated rings. The molecule has 2 aromatic rings. The van der Waals surface area contributed by atoms with Crippen molar-refractivity contribution in [3.8, 4) is 0 Å². The zero-order chi connectivity index (χ0) is 16.4. The number of rotatable bonds is 3. The van der Waals surface area contributed by atoms with Crippen molar-refractivity contribution >= 4 is 22.5 Å². The van der Waals surface area contributed by atoms with Crippen LogP contribution < -0.4 is 11.5 Å². The number of H-pyrrole nitrogens is 1. The molecule has 1 saturated carbocycles. The van der Waals surface area contributed by atoms with E-state index in [0.717, 1.165) is 31.1 Å². The van der Waals surface area contributed by atoms with E-state index in [1.165, 1.54) is 6.07 Å². The van der Waals surface area contributed by atoms with E-state index in [9.17, 15) is 9.18 Å². The van der Waals surface area contributed by atoms with Crippen LogP contribution in [0.25, 0.3) is 16.6 Å². The summed E-state index contributed by atoms with van der Waals surface area (Å²) in [5, 5.41) is 0. The van der Waals surface area contributed by atoms with Gasteiger partial charge >= 0.3 is 0 Å². The van der Waals surface area contributed by atoms with Crippen LogP contribution in [0, 0.1) is 17.2 Å². The lowest BCUT2D eigenvalue weighted by molar-refractivity contribution is 0.100. The molecular formula is C16H18FN5O. The quantitative estimate of drug-likeness (QED) is 0.788. The Hall–Kier alpha value is -2.41. The number of fused-ring (bicyclic) bond motifs is 2. The smallest absolute Gasteiger partial charge is 0.251 e. The van der Waals surface area contributed by atoms with Crippen molar-refractivity contribution in [3.63, 3.8) is 0 Å². The summed E-state index contributed by atoms with van der Waals surface area (Å²) >= 11 is 0. The predicted octanol–water partition coefficient (Wildman–Crippen LogP) is 1.05. The molecule has 23 heavy (non-hydrogen) atoms. The maximum Gasteiger partial charge on any atom is 0.251 e. The van der Waals surface area contributed by atoms with Gasteiger partial charge in [0.15, 0.2) is 0 Å². The Morgan fingerprint density at radius 1 is 1.57 bits per heavy atom. The van der Waals surface area contributed by atoms with Crippen molar-refractivity contribution in [2.45, 2.75) is 6.42 Å². The Bertz CT molecular complexity index is 858. The lowest BCUT2D eigenvalue weighted by atomic mass is 9.95. The Morgan fingerprint density at radius 3 is 2.96 bits per heavy atom. The van der Waals surface area contributed by atoms with Gasteiger partial charge in [-0.2, -0.15) is 0 Å². The van der Waals surface area contributed by atoms with Gasteiger partial charge in [-0.05, 0) is 31.5 Å². The molecule has 6 nitrogen and oxygen atoms in total. The molecule has 1 aliphatic carbocycles. The number of nitrogens with one attached hydrogen (secondary N) is 1. The topological polar surface area (TPSA) is 101 Å². The third-order valence-corrected chi connectivity index (χ3v) is 5.09. The number of aromatic nitrogens is 2. The van der Waals surface area contributed by atoms with E-state index in [1.54, 1.807) is 6.20 Å². The van der Waals surface area contributed by atoms with E-state index in [-0.39, 0.29) is 11.0 Å². The highest BCUT2D eigenvalue weighted by molar-refractivity contribution is 6.04. The molecule has 4 rings (SSSR count). The molecule has 2 heterocycles. The third-order valence-electron chi connectivity index (χ3n) is 5.09. The number of benzene rings is 1. The van der Waals surface area contributed by atoms with Crippen LogP contribution in [0.3, 0.4) is 0 Å². The van der Waals surface area contributed by atoms with E-state index < -0.39 is 11.7 Å². The second-order valence-electron chi connectivity index (χ2n) is 6.63. The lowest BCUT2D eigenvalue weighted by Gasteiger charge is -2.17. The van der Waals surface area contributed by atoms with Gasteiger partial charge in [0.25, 0.3) is 5.91 Å². The minimum Gasteiger partial charge on any atom is -0.404 e. The fourth-order valence-corrected chi connectivity index (χ4v) is 4.03. The molecule has 1 aromatic carbocycles. The molecule has 5 N–H and O–H groups in total. The van der Waals surface area contributed by atoms with Crippen LogP contribution in [0.2, 0.25) is 0 Å². The number of aromatic amines is 1. The van der Waals surface area contributed by atoms with Gasteiger partial charge in [-0.1, -0.05) is 0 Å². The monoisotopic (exact) mass is 315 g/mol. The fraction of sp³-hybridized carbons (Fsp3) is 0.375. The molecule has 1 saturated heterocycles. The molecule has 2 atom stereocenters. The maximum atomic E-state index is 13.7. The number of likely N-dealkylation sites (tertiary alicyclic amines) is 1. The molecule has 2 aliphatic rings. The minimum atomic E-state index is -0.700. The summed E-state index contributed by atoms with van der Waals surface area (Å²) < 4.78 is 13.7. The van der Waals surface area contributed by atoms with E-state index >= 15 is 0 Å². The van der Waals surface area contributed by atoms with Gasteiger partial charge in [-0.25, -0.2) is 9.37 Å². The lowest BCUT2D eigenvalue weighted by Crippen LogP contribution is -2.21. The summed E-state index contributed by atoms with van der Waals surface area (Å²) in [6, 6.07) is 2.43. The number of piperidine rings is 1. The molecule has 120 valence electrons. The molecule has 1 aromatic heterocycles. The Labute approximate surface area is 132 Å². The van der Waals surface area contributed by atoms with Crippen molar-refractivity contribution in [2.24, 2.45) is 22.8 Å². The first-order valence-corrected chi connectivity index (χ1v) is 7.55. The van der Waals surface area contributed by atoms with E-state index in [1.807, 2.05) is 0 Å². The van der Waals surface area contributed by atoms with Gasteiger partial charge in [0.2, 0.25) is 0 Å². The molecule has 7 heteroatoms. The standard InChI is InChI=1S/C16H18FN5O/c1-22-6-8-4-16(8,7-22)11(5-18)15-20-12-3-9(17)2-10(14(19)23)13(12)21-15/h2-3,5,8H,4,6-7,18H2,1H3,(H2,19,23)(H,20,21). The second-order valence-corrected chi connectivity index (χ2v) is 6.63. The van der Waals surface area contributed by atoms with E-state index in [2.05, 4.69) is 21.9 Å². The molecule has 2 unspecified atom stereocenters. The minimum absolute atomic E-state index is 0.0167. The normalized spacial score (nSPS) is 27.4. The third kappa shape index (κ3) is 1.96. The van der Waals surface area contributed by atoms with Crippen LogP contribution in [0.5, 0.6) is 0 Å². The summed E-state index contributed by atoms with van der Waals surface area (Å²) in [7, 11) is 2.08. The molecule has 1 amide bonds. The molecule has 0 radical (unpaired) electrons. The average molecular weight is 315 g/mol.